The first-order valence-electron chi connectivity index (χ1n) is 28.0. The van der Waals surface area contributed by atoms with Crippen LogP contribution in [0.2, 0.25) is 0 Å². The summed E-state index contributed by atoms with van der Waals surface area (Å²) in [6.45, 7) is 39.4. The molecule has 4 aromatic carbocycles. The molecule has 0 saturated heterocycles. The molecule has 0 radical (unpaired) electrons. The Morgan fingerprint density at radius 2 is 0.916 bits per heavy atom. The van der Waals surface area contributed by atoms with Gasteiger partial charge < -0.3 is 8.83 Å². The van der Waals surface area contributed by atoms with Gasteiger partial charge in [-0.2, -0.15) is 26.3 Å². The van der Waals surface area contributed by atoms with Crippen LogP contribution in [-0.2, 0) is 21.8 Å². The topological polar surface area (TPSA) is 114 Å². The molecule has 0 fully saturated rings. The quantitative estimate of drug-likeness (QED) is 0.0278. The molecule has 0 amide bonds. The van der Waals surface area contributed by atoms with Crippen LogP contribution in [-0.4, -0.2) is 51.5 Å². The molecule has 83 heavy (non-hydrogen) atoms. The summed E-state index contributed by atoms with van der Waals surface area (Å²) in [5, 5.41) is 0.482. The van der Waals surface area contributed by atoms with Gasteiger partial charge in [0.25, 0.3) is 0 Å². The summed E-state index contributed by atoms with van der Waals surface area (Å²) in [6, 6.07) is 20.0. The Morgan fingerprint density at radius 1 is 0.530 bits per heavy atom. The zero-order valence-corrected chi connectivity index (χ0v) is 53.8. The van der Waals surface area contributed by atoms with E-state index in [0.717, 1.165) is 18.3 Å². The first-order valence-corrected chi connectivity index (χ1v) is 31.1. The zero-order chi connectivity index (χ0) is 62.9. The predicted octanol–water partition coefficient (Wildman–Crippen LogP) is 19.3. The number of carbonyl (C=O) groups is 1. The number of benzene rings is 4. The fourth-order valence-electron chi connectivity index (χ4n) is 12.6. The van der Waals surface area contributed by atoms with Crippen molar-refractivity contribution in [1.29, 1.82) is 0 Å². The molecule has 0 saturated carbocycles. The van der Waals surface area contributed by atoms with Gasteiger partial charge in [-0.1, -0.05) is 35.4 Å². The van der Waals surface area contributed by atoms with Crippen molar-refractivity contribution in [2.24, 2.45) is 16.2 Å². The maximum absolute atomic E-state index is 14.5. The minimum atomic E-state index is -4.71. The Morgan fingerprint density at radius 3 is 1.27 bits per heavy atom. The molecule has 1 unspecified atom stereocenters. The number of alkyl halides is 6. The molecular formula is C66H85F6O9PS. The summed E-state index contributed by atoms with van der Waals surface area (Å²) in [6.07, 6.45) is -8.46. The molecule has 456 valence electrons. The third-order valence-corrected chi connectivity index (χ3v) is 21.8. The number of carbonyl (C=O) groups excluding carboxylic acids is 1. The van der Waals surface area contributed by atoms with E-state index >= 15 is 0 Å². The van der Waals surface area contributed by atoms with Crippen molar-refractivity contribution in [1.82, 2.24) is 0 Å². The molecule has 1 atom stereocenters. The summed E-state index contributed by atoms with van der Waals surface area (Å²) < 4.78 is 124. The Balaban J connectivity index is 1.33. The SMILES string of the molecule is Cc1ccc(-c2cc3ccc(OC(C)(C)CC(C)(C)C(OC(C)(S)CC(C)(C)OC(=O)[PH](C)(CC(C)(C)C)C(C)(C)C)C(C)(C)CC(C)(C)Oc4ccc5cc(-c6ccc(C)cc6C(F)(F)F)c(=O)oc5c4)cc3oc2=O)c(C(F)(F)F)c1. The molecule has 0 N–H and O–H groups in total. The minimum absolute atomic E-state index is 0.120. The first kappa shape index (κ1) is 66.8. The average Bonchev–Trinajstić information content (AvgIpc) is 3.38. The van der Waals surface area contributed by atoms with Crippen molar-refractivity contribution in [2.75, 3.05) is 12.8 Å². The number of aryl methyl sites for hydroxylation is 2. The second-order valence-electron chi connectivity index (χ2n) is 28.8. The molecule has 2 aromatic heterocycles. The van der Waals surface area contributed by atoms with E-state index in [9.17, 15) is 40.7 Å². The van der Waals surface area contributed by atoms with E-state index in [2.05, 4.69) is 75.9 Å². The molecule has 0 aliphatic heterocycles. The van der Waals surface area contributed by atoms with Crippen LogP contribution < -0.4 is 20.7 Å². The van der Waals surface area contributed by atoms with E-state index in [1.165, 1.54) is 36.4 Å². The Labute approximate surface area is 491 Å². The summed E-state index contributed by atoms with van der Waals surface area (Å²) in [5.41, 5.74) is -8.54. The van der Waals surface area contributed by atoms with Gasteiger partial charge in [0.2, 0.25) is 0 Å². The third-order valence-electron chi connectivity index (χ3n) is 15.4. The number of hydrogen-bond acceptors (Lipinski definition) is 10. The molecule has 2 heterocycles. The standard InChI is InChI=1S/C66H85F6O9PS/c1-39-21-27-45(49(29-39)65(67,68)69)47-31-41-23-25-43(33-51(41)76-53(47)73)78-61(13,14)35-59(9,10)55(80-64(19,83)37-63(17,18)81-56(75)82(20,58(6,7)8)38-57(3,4)5)60(11,12)36-62(15,16)79-44-26-24-42-32-48(54(74)77-52(42)34-44)46-28-22-40(2)30-50(46)66(70,71)72/h21-34,55,82-83H,35-38H2,1-20H3. The molecule has 17 heteroatoms. The van der Waals surface area contributed by atoms with Gasteiger partial charge in [0.15, 0.2) is 0 Å². The van der Waals surface area contributed by atoms with Crippen molar-refractivity contribution in [3.63, 3.8) is 0 Å². The number of hydrogen-bond donors (Lipinski definition) is 1. The van der Waals surface area contributed by atoms with Crippen molar-refractivity contribution in [2.45, 2.75) is 196 Å². The second-order valence-corrected chi connectivity index (χ2v) is 34.6. The maximum atomic E-state index is 14.5. The fourth-order valence-corrected chi connectivity index (χ4v) is 17.0. The Bertz CT molecular complexity index is 3310. The van der Waals surface area contributed by atoms with Gasteiger partial charge in [-0.3, -0.25) is 0 Å². The molecule has 6 aromatic rings. The number of ether oxygens (including phenoxy) is 4. The summed E-state index contributed by atoms with van der Waals surface area (Å²) in [5.74, 6) is 0.686. The minimum Gasteiger partial charge on any atom is -0.422 e. The van der Waals surface area contributed by atoms with Gasteiger partial charge in [0.1, 0.15) is 11.2 Å². The number of halogens is 6. The molecule has 6 rings (SSSR count). The van der Waals surface area contributed by atoms with Crippen LogP contribution in [0.5, 0.6) is 11.5 Å². The van der Waals surface area contributed by atoms with E-state index in [1.807, 2.05) is 48.5 Å². The van der Waals surface area contributed by atoms with Crippen LogP contribution >= 0.6 is 19.9 Å². The molecule has 0 aliphatic carbocycles. The van der Waals surface area contributed by atoms with Crippen LogP contribution in [0, 0.1) is 30.1 Å². The zero-order valence-electron chi connectivity index (χ0n) is 51.9. The third kappa shape index (κ3) is 16.4. The van der Waals surface area contributed by atoms with Gasteiger partial charge >= 0.3 is 283 Å². The van der Waals surface area contributed by atoms with Crippen LogP contribution in [0.25, 0.3) is 44.2 Å². The summed E-state index contributed by atoms with van der Waals surface area (Å²) >= 11 is 5.23. The van der Waals surface area contributed by atoms with E-state index in [0.29, 0.717) is 46.2 Å². The van der Waals surface area contributed by atoms with E-state index < -0.39 is 80.7 Å². The molecule has 0 aliphatic rings. The van der Waals surface area contributed by atoms with Crippen LogP contribution in [0.3, 0.4) is 0 Å². The summed E-state index contributed by atoms with van der Waals surface area (Å²) in [4.78, 5) is 40.2. The smallest absolute Gasteiger partial charge is 0.422 e. The van der Waals surface area contributed by atoms with Gasteiger partial charge in [-0.15, -0.1) is 0 Å². The second kappa shape index (κ2) is 22.8. The Kier molecular flexibility index (Phi) is 18.4. The summed E-state index contributed by atoms with van der Waals surface area (Å²) in [7, 11) is -2.75. The molecular weight excluding hydrogens is 1110 g/mol. The van der Waals surface area contributed by atoms with Crippen molar-refractivity contribution < 1.29 is 58.9 Å². The fraction of sp³-hybridized carbons (Fsp3) is 0.530. The Hall–Kier alpha value is -5.31. The van der Waals surface area contributed by atoms with Gasteiger partial charge in [-0.05, 0) is 62.4 Å². The number of fused-ring (bicyclic) bond motifs is 2. The van der Waals surface area contributed by atoms with Crippen molar-refractivity contribution in [3.8, 4) is 33.8 Å². The van der Waals surface area contributed by atoms with Crippen molar-refractivity contribution >= 4 is 47.5 Å². The molecule has 0 bridgehead atoms. The molecule has 0 spiro atoms. The van der Waals surface area contributed by atoms with Crippen LogP contribution in [0.4, 0.5) is 31.1 Å². The van der Waals surface area contributed by atoms with Gasteiger partial charge in [0.05, 0.1) is 22.3 Å². The number of thiol groups is 1. The monoisotopic (exact) mass is 1200 g/mol. The van der Waals surface area contributed by atoms with Gasteiger partial charge in [-0.25, -0.2) is 9.59 Å². The van der Waals surface area contributed by atoms with E-state index in [-0.39, 0.29) is 56.1 Å². The van der Waals surface area contributed by atoms with E-state index in [1.54, 1.807) is 50.2 Å². The normalized spacial score (nSPS) is 14.7. The van der Waals surface area contributed by atoms with Crippen LogP contribution in [0.15, 0.2) is 103 Å². The van der Waals surface area contributed by atoms with Crippen molar-refractivity contribution in [3.05, 3.63) is 128 Å². The predicted molar refractivity (Wildman–Crippen MR) is 327 cm³/mol. The average molecular weight is 1200 g/mol. The number of rotatable bonds is 19. The first-order chi connectivity index (χ1) is 37.4. The van der Waals surface area contributed by atoms with Gasteiger partial charge in [0, 0.05) is 34.0 Å². The van der Waals surface area contributed by atoms with E-state index in [4.69, 9.17) is 40.4 Å². The van der Waals surface area contributed by atoms with Crippen LogP contribution in [0.1, 0.15) is 159 Å². The molecule has 9 nitrogen and oxygen atoms in total.